The minimum absolute atomic E-state index is 0.0312. The molecule has 0 aromatic heterocycles. The van der Waals surface area contributed by atoms with Gasteiger partial charge in [-0.3, -0.25) is 0 Å². The maximum atomic E-state index is 13.1. The molecule has 2 aromatic carbocycles. The normalized spacial score (nSPS) is 16.1. The Morgan fingerprint density at radius 2 is 1.71 bits per heavy atom. The molecule has 0 unspecified atom stereocenters. The van der Waals surface area contributed by atoms with E-state index in [1.165, 1.54) is 33.5 Å². The maximum absolute atomic E-state index is 13.1. The lowest BCUT2D eigenvalue weighted by atomic mass is 10.1. The Morgan fingerprint density at radius 3 is 2.39 bits per heavy atom. The molecule has 3 rings (SSSR count). The van der Waals surface area contributed by atoms with Crippen LogP contribution >= 0.6 is 0 Å². The molecule has 11 heteroatoms. The van der Waals surface area contributed by atoms with E-state index < -0.39 is 33.6 Å². The van der Waals surface area contributed by atoms with Crippen molar-refractivity contribution in [1.82, 2.24) is 14.5 Å². The van der Waals surface area contributed by atoms with Gasteiger partial charge < -0.3 is 10.2 Å². The average molecular weight is 459 g/mol. The molecule has 0 radical (unpaired) electrons. The Hall–Kier alpha value is -2.66. The van der Waals surface area contributed by atoms with Crippen LogP contribution in [0.25, 0.3) is 0 Å². The summed E-state index contributed by atoms with van der Waals surface area (Å²) >= 11 is 0. The van der Waals surface area contributed by atoms with Gasteiger partial charge in [-0.25, -0.2) is 17.6 Å². The zero-order valence-corrected chi connectivity index (χ0v) is 17.2. The standard InChI is InChI=1S/C20H21F4N3O3S/c21-17-5-7-18(8-6-17)31(29,30)27-10-2-9-26(11-12-27)19(28)25-14-15-3-1-4-16(13-15)20(22,23)24/h1,3-8,13H,2,9-12,14H2,(H,25,28). The zero-order valence-electron chi connectivity index (χ0n) is 16.4. The molecule has 2 aromatic rings. The molecule has 0 spiro atoms. The van der Waals surface area contributed by atoms with Crippen LogP contribution in [0.5, 0.6) is 0 Å². The topological polar surface area (TPSA) is 69.7 Å². The SMILES string of the molecule is O=C(NCc1cccc(C(F)(F)F)c1)N1CCCN(S(=O)(=O)c2ccc(F)cc2)CC1. The summed E-state index contributed by atoms with van der Waals surface area (Å²) in [5.74, 6) is -0.543. The molecule has 0 saturated carbocycles. The van der Waals surface area contributed by atoms with Gasteiger partial charge in [-0.1, -0.05) is 12.1 Å². The van der Waals surface area contributed by atoms with E-state index in [4.69, 9.17) is 0 Å². The number of halogens is 4. The first-order chi connectivity index (χ1) is 14.6. The molecule has 1 heterocycles. The summed E-state index contributed by atoms with van der Waals surface area (Å²) in [6, 6.07) is 8.71. The van der Waals surface area contributed by atoms with Crippen LogP contribution in [0.15, 0.2) is 53.4 Å². The number of amides is 2. The highest BCUT2D eigenvalue weighted by molar-refractivity contribution is 7.89. The number of sulfonamides is 1. The third kappa shape index (κ3) is 5.73. The summed E-state index contributed by atoms with van der Waals surface area (Å²) in [5, 5.41) is 2.58. The molecule has 0 aliphatic carbocycles. The fourth-order valence-electron chi connectivity index (χ4n) is 3.24. The van der Waals surface area contributed by atoms with Crippen molar-refractivity contribution >= 4 is 16.1 Å². The number of nitrogens with one attached hydrogen (secondary N) is 1. The molecule has 1 fully saturated rings. The maximum Gasteiger partial charge on any atom is 0.416 e. The number of benzene rings is 2. The highest BCUT2D eigenvalue weighted by Gasteiger charge is 2.31. The summed E-state index contributed by atoms with van der Waals surface area (Å²) in [6.45, 7) is 0.573. The highest BCUT2D eigenvalue weighted by atomic mass is 32.2. The molecule has 1 saturated heterocycles. The molecule has 1 N–H and O–H groups in total. The van der Waals surface area contributed by atoms with Gasteiger partial charge in [-0.15, -0.1) is 0 Å². The van der Waals surface area contributed by atoms with E-state index in [9.17, 15) is 30.8 Å². The minimum atomic E-state index is -4.47. The molecule has 168 valence electrons. The predicted molar refractivity (Wildman–Crippen MR) is 105 cm³/mol. The lowest BCUT2D eigenvalue weighted by molar-refractivity contribution is -0.137. The van der Waals surface area contributed by atoms with Crippen molar-refractivity contribution in [3.8, 4) is 0 Å². The molecule has 0 atom stereocenters. The molecular weight excluding hydrogens is 438 g/mol. The second kappa shape index (κ2) is 9.23. The van der Waals surface area contributed by atoms with E-state index in [0.29, 0.717) is 18.5 Å². The summed E-state index contributed by atoms with van der Waals surface area (Å²) in [6.07, 6.45) is -4.08. The van der Waals surface area contributed by atoms with Crippen LogP contribution in [0.2, 0.25) is 0 Å². The van der Waals surface area contributed by atoms with Crippen molar-refractivity contribution in [2.75, 3.05) is 26.2 Å². The van der Waals surface area contributed by atoms with Crippen molar-refractivity contribution in [3.05, 3.63) is 65.5 Å². The Bertz CT molecular complexity index is 1030. The Morgan fingerprint density at radius 1 is 1.00 bits per heavy atom. The smallest absolute Gasteiger partial charge is 0.334 e. The van der Waals surface area contributed by atoms with Crippen molar-refractivity contribution in [1.29, 1.82) is 0 Å². The lowest BCUT2D eigenvalue weighted by Crippen LogP contribution is -2.42. The number of urea groups is 1. The Labute approximate surface area is 177 Å². The highest BCUT2D eigenvalue weighted by Crippen LogP contribution is 2.29. The minimum Gasteiger partial charge on any atom is -0.334 e. The Kier molecular flexibility index (Phi) is 6.85. The number of carbonyl (C=O) groups excluding carboxylic acids is 1. The number of rotatable bonds is 4. The summed E-state index contributed by atoms with van der Waals surface area (Å²) in [4.78, 5) is 13.8. The van der Waals surface area contributed by atoms with Crippen molar-refractivity contribution in [2.24, 2.45) is 0 Å². The van der Waals surface area contributed by atoms with Crippen LogP contribution in [0.4, 0.5) is 22.4 Å². The van der Waals surface area contributed by atoms with E-state index in [0.717, 1.165) is 24.3 Å². The summed E-state index contributed by atoms with van der Waals surface area (Å²) < 4.78 is 78.2. The van der Waals surface area contributed by atoms with Crippen molar-refractivity contribution < 1.29 is 30.8 Å². The first-order valence-corrected chi connectivity index (χ1v) is 11.0. The number of alkyl halides is 3. The lowest BCUT2D eigenvalue weighted by Gasteiger charge is -2.22. The number of hydrogen-bond acceptors (Lipinski definition) is 3. The number of carbonyl (C=O) groups is 1. The fraction of sp³-hybridized carbons (Fsp3) is 0.350. The van der Waals surface area contributed by atoms with E-state index in [-0.39, 0.29) is 31.1 Å². The van der Waals surface area contributed by atoms with Gasteiger partial charge in [0.15, 0.2) is 0 Å². The van der Waals surface area contributed by atoms with E-state index >= 15 is 0 Å². The Balaban J connectivity index is 1.59. The van der Waals surface area contributed by atoms with Gasteiger partial charge in [-0.05, 0) is 48.4 Å². The fourth-order valence-corrected chi connectivity index (χ4v) is 4.71. The van der Waals surface area contributed by atoms with Gasteiger partial charge in [0.05, 0.1) is 10.5 Å². The third-order valence-corrected chi connectivity index (χ3v) is 6.80. The largest absolute Gasteiger partial charge is 0.416 e. The van der Waals surface area contributed by atoms with Crippen molar-refractivity contribution in [3.63, 3.8) is 0 Å². The number of hydrogen-bond donors (Lipinski definition) is 1. The summed E-state index contributed by atoms with van der Waals surface area (Å²) in [5.41, 5.74) is -0.492. The van der Waals surface area contributed by atoms with E-state index in [2.05, 4.69) is 5.32 Å². The number of nitrogens with zero attached hydrogens (tertiary/aromatic N) is 2. The van der Waals surface area contributed by atoms with E-state index in [1.807, 2.05) is 0 Å². The molecular formula is C20H21F4N3O3S. The quantitative estimate of drug-likeness (QED) is 0.713. The van der Waals surface area contributed by atoms with Crippen LogP contribution in [0.3, 0.4) is 0 Å². The second-order valence-electron chi connectivity index (χ2n) is 7.06. The molecule has 2 amide bonds. The van der Waals surface area contributed by atoms with Crippen LogP contribution in [0, 0.1) is 5.82 Å². The van der Waals surface area contributed by atoms with Crippen LogP contribution in [-0.4, -0.2) is 49.8 Å². The monoisotopic (exact) mass is 459 g/mol. The van der Waals surface area contributed by atoms with Gasteiger partial charge in [0.1, 0.15) is 5.82 Å². The van der Waals surface area contributed by atoms with Gasteiger partial charge >= 0.3 is 12.2 Å². The first kappa shape index (κ1) is 23.0. The molecule has 31 heavy (non-hydrogen) atoms. The van der Waals surface area contributed by atoms with Crippen LogP contribution < -0.4 is 5.32 Å². The first-order valence-electron chi connectivity index (χ1n) is 9.52. The van der Waals surface area contributed by atoms with Crippen molar-refractivity contribution in [2.45, 2.75) is 24.0 Å². The third-order valence-electron chi connectivity index (χ3n) is 4.89. The van der Waals surface area contributed by atoms with Gasteiger partial charge in [0.25, 0.3) is 0 Å². The van der Waals surface area contributed by atoms with Gasteiger partial charge in [0.2, 0.25) is 10.0 Å². The predicted octanol–water partition coefficient (Wildman–Crippen LogP) is 3.45. The molecule has 6 nitrogen and oxygen atoms in total. The van der Waals surface area contributed by atoms with Gasteiger partial charge in [-0.2, -0.15) is 17.5 Å². The molecule has 1 aliphatic rings. The van der Waals surface area contributed by atoms with Gasteiger partial charge in [0, 0.05) is 32.7 Å². The molecule has 0 bridgehead atoms. The van der Waals surface area contributed by atoms with E-state index in [1.54, 1.807) is 0 Å². The molecule has 1 aliphatic heterocycles. The van der Waals surface area contributed by atoms with Crippen LogP contribution in [-0.2, 0) is 22.7 Å². The average Bonchev–Trinajstić information content (AvgIpc) is 2.99. The summed E-state index contributed by atoms with van der Waals surface area (Å²) in [7, 11) is -3.82. The van der Waals surface area contributed by atoms with Crippen LogP contribution in [0.1, 0.15) is 17.5 Å². The zero-order chi connectivity index (χ0) is 22.6. The second-order valence-corrected chi connectivity index (χ2v) is 8.99.